The lowest BCUT2D eigenvalue weighted by molar-refractivity contribution is -0.247. The zero-order valence-electron chi connectivity index (χ0n) is 17.7. The Bertz CT molecular complexity index is 533. The Hall–Kier alpha value is -1.12. The van der Waals surface area contributed by atoms with E-state index in [-0.39, 0.29) is 25.6 Å². The summed E-state index contributed by atoms with van der Waals surface area (Å²) in [5.41, 5.74) is -1.31. The van der Waals surface area contributed by atoms with Crippen LogP contribution < -0.4 is 0 Å². The summed E-state index contributed by atoms with van der Waals surface area (Å²) in [5.74, 6) is 1.50. The van der Waals surface area contributed by atoms with E-state index in [1.807, 2.05) is 0 Å². The molecule has 0 radical (unpaired) electrons. The van der Waals surface area contributed by atoms with E-state index in [1.165, 1.54) is 32.1 Å². The Morgan fingerprint density at radius 3 is 2.14 bits per heavy atom. The minimum atomic E-state index is -1.31. The minimum absolute atomic E-state index is 0.0629. The quantitative estimate of drug-likeness (QED) is 0.597. The van der Waals surface area contributed by atoms with Crippen LogP contribution >= 0.6 is 0 Å². The van der Waals surface area contributed by atoms with Crippen LogP contribution in [0.1, 0.15) is 84.5 Å². The van der Waals surface area contributed by atoms with Crippen molar-refractivity contribution in [2.24, 2.45) is 23.2 Å². The van der Waals surface area contributed by atoms with Crippen LogP contribution in [0.3, 0.4) is 0 Å². The molecule has 28 heavy (non-hydrogen) atoms. The summed E-state index contributed by atoms with van der Waals surface area (Å²) in [5, 5.41) is 9.70. The van der Waals surface area contributed by atoms with E-state index in [9.17, 15) is 10.1 Å². The normalized spacial score (nSPS) is 39.1. The summed E-state index contributed by atoms with van der Waals surface area (Å²) in [7, 11) is 0. The zero-order chi connectivity index (χ0) is 20.0. The summed E-state index contributed by atoms with van der Waals surface area (Å²) in [4.78, 5) is 12.8. The topological polar surface area (TPSA) is 68.5 Å². The number of esters is 1. The van der Waals surface area contributed by atoms with Gasteiger partial charge in [-0.15, -0.1) is 0 Å². The Labute approximate surface area is 170 Å². The SMILES string of the molecule is CCCC1CCC(C2OCC(C#N)(C(=O)OC3CCC(CC)CC3)CO2)CC1. The van der Waals surface area contributed by atoms with Crippen LogP contribution in [0.25, 0.3) is 0 Å². The van der Waals surface area contributed by atoms with Gasteiger partial charge >= 0.3 is 5.97 Å². The molecule has 1 aliphatic heterocycles. The van der Waals surface area contributed by atoms with Gasteiger partial charge in [-0.05, 0) is 63.2 Å². The lowest BCUT2D eigenvalue weighted by Gasteiger charge is -2.40. The second-order valence-corrected chi connectivity index (χ2v) is 9.21. The minimum Gasteiger partial charge on any atom is -0.461 e. The second-order valence-electron chi connectivity index (χ2n) is 9.21. The Kier molecular flexibility index (Phi) is 7.77. The third-order valence-electron chi connectivity index (χ3n) is 7.21. The summed E-state index contributed by atoms with van der Waals surface area (Å²) in [6, 6.07) is 2.15. The fraction of sp³-hybridized carbons (Fsp3) is 0.913. The number of carbonyl (C=O) groups is 1. The molecule has 0 atom stereocenters. The van der Waals surface area contributed by atoms with Gasteiger partial charge in [-0.25, -0.2) is 0 Å². The first kappa shape index (κ1) is 21.6. The molecule has 5 nitrogen and oxygen atoms in total. The average molecular weight is 392 g/mol. The van der Waals surface area contributed by atoms with Crippen molar-refractivity contribution in [2.75, 3.05) is 13.2 Å². The molecule has 0 bridgehead atoms. The van der Waals surface area contributed by atoms with Gasteiger partial charge in [0.25, 0.3) is 0 Å². The molecule has 3 aliphatic rings. The predicted octanol–water partition coefficient (Wildman–Crippen LogP) is 4.99. The third kappa shape index (κ3) is 5.07. The van der Waals surface area contributed by atoms with Crippen molar-refractivity contribution in [1.29, 1.82) is 5.26 Å². The summed E-state index contributed by atoms with van der Waals surface area (Å²) < 4.78 is 17.6. The molecule has 3 fully saturated rings. The van der Waals surface area contributed by atoms with Crippen molar-refractivity contribution in [3.8, 4) is 6.07 Å². The molecule has 1 saturated heterocycles. The molecule has 0 aromatic carbocycles. The van der Waals surface area contributed by atoms with E-state index in [4.69, 9.17) is 14.2 Å². The largest absolute Gasteiger partial charge is 0.461 e. The lowest BCUT2D eigenvalue weighted by Crippen LogP contribution is -2.50. The standard InChI is InChI=1S/C23H37NO4/c1-3-5-18-6-10-19(11-7-18)21-26-15-23(14-24,16-27-21)22(25)28-20-12-8-17(4-2)9-13-20/h17-21H,3-13,15-16H2,1-2H3. The molecular formula is C23H37NO4. The van der Waals surface area contributed by atoms with Crippen molar-refractivity contribution >= 4 is 5.97 Å². The molecule has 1 heterocycles. The number of hydrogen-bond acceptors (Lipinski definition) is 5. The van der Waals surface area contributed by atoms with Gasteiger partial charge in [0, 0.05) is 5.92 Å². The van der Waals surface area contributed by atoms with Gasteiger partial charge in [0.05, 0.1) is 19.3 Å². The van der Waals surface area contributed by atoms with E-state index in [0.29, 0.717) is 5.92 Å². The van der Waals surface area contributed by atoms with Gasteiger partial charge < -0.3 is 14.2 Å². The first-order chi connectivity index (χ1) is 13.6. The zero-order valence-corrected chi connectivity index (χ0v) is 17.7. The Balaban J connectivity index is 1.47. The number of ether oxygens (including phenoxy) is 3. The highest BCUT2D eigenvalue weighted by Crippen LogP contribution is 2.38. The average Bonchev–Trinajstić information content (AvgIpc) is 2.75. The fourth-order valence-electron chi connectivity index (χ4n) is 5.12. The molecule has 0 aromatic rings. The van der Waals surface area contributed by atoms with Gasteiger partial charge in [0.15, 0.2) is 6.29 Å². The van der Waals surface area contributed by atoms with E-state index in [1.54, 1.807) is 0 Å². The summed E-state index contributed by atoms with van der Waals surface area (Å²) >= 11 is 0. The van der Waals surface area contributed by atoms with Gasteiger partial charge in [0.1, 0.15) is 6.10 Å². The van der Waals surface area contributed by atoms with Crippen LogP contribution in [-0.2, 0) is 19.0 Å². The first-order valence-corrected chi connectivity index (χ1v) is 11.5. The molecule has 0 unspecified atom stereocenters. The van der Waals surface area contributed by atoms with Gasteiger partial charge in [-0.1, -0.05) is 33.1 Å². The van der Waals surface area contributed by atoms with Gasteiger partial charge in [0.2, 0.25) is 5.41 Å². The molecular weight excluding hydrogens is 354 g/mol. The Morgan fingerprint density at radius 2 is 1.61 bits per heavy atom. The van der Waals surface area contributed by atoms with Crippen LogP contribution in [0.4, 0.5) is 0 Å². The van der Waals surface area contributed by atoms with Crippen LogP contribution in [-0.4, -0.2) is 31.6 Å². The first-order valence-electron chi connectivity index (χ1n) is 11.5. The van der Waals surface area contributed by atoms with Crippen LogP contribution in [0, 0.1) is 34.5 Å². The highest BCUT2D eigenvalue weighted by Gasteiger charge is 2.48. The fourth-order valence-corrected chi connectivity index (χ4v) is 5.12. The number of rotatable bonds is 6. The molecule has 2 saturated carbocycles. The number of carbonyl (C=O) groups excluding carboxylic acids is 1. The monoisotopic (exact) mass is 391 g/mol. The molecule has 2 aliphatic carbocycles. The van der Waals surface area contributed by atoms with Crippen molar-refractivity contribution in [1.82, 2.24) is 0 Å². The van der Waals surface area contributed by atoms with E-state index >= 15 is 0 Å². The van der Waals surface area contributed by atoms with E-state index < -0.39 is 11.4 Å². The van der Waals surface area contributed by atoms with Gasteiger partial charge in [-0.3, -0.25) is 4.79 Å². The van der Waals surface area contributed by atoms with Crippen molar-refractivity contribution in [3.05, 3.63) is 0 Å². The van der Waals surface area contributed by atoms with Crippen molar-refractivity contribution in [3.63, 3.8) is 0 Å². The number of nitrogens with zero attached hydrogens (tertiary/aromatic N) is 1. The molecule has 0 N–H and O–H groups in total. The van der Waals surface area contributed by atoms with Crippen LogP contribution in [0.2, 0.25) is 0 Å². The molecule has 3 rings (SSSR count). The smallest absolute Gasteiger partial charge is 0.331 e. The molecule has 5 heteroatoms. The molecule has 0 aromatic heterocycles. The highest BCUT2D eigenvalue weighted by molar-refractivity contribution is 5.80. The number of hydrogen-bond donors (Lipinski definition) is 0. The molecule has 0 amide bonds. The van der Waals surface area contributed by atoms with Crippen molar-refractivity contribution in [2.45, 2.75) is 96.9 Å². The lowest BCUT2D eigenvalue weighted by atomic mass is 9.79. The summed E-state index contributed by atoms with van der Waals surface area (Å²) in [6.07, 6.45) is 12.1. The number of nitriles is 1. The van der Waals surface area contributed by atoms with Crippen LogP contribution in [0.15, 0.2) is 0 Å². The second kappa shape index (κ2) is 10.1. The summed E-state index contributed by atoms with van der Waals surface area (Å²) in [6.45, 7) is 4.64. The highest BCUT2D eigenvalue weighted by atomic mass is 16.7. The Morgan fingerprint density at radius 1 is 1.00 bits per heavy atom. The maximum Gasteiger partial charge on any atom is 0.331 e. The third-order valence-corrected chi connectivity index (χ3v) is 7.21. The predicted molar refractivity (Wildman–Crippen MR) is 106 cm³/mol. The maximum atomic E-state index is 12.8. The van der Waals surface area contributed by atoms with Crippen LogP contribution in [0.5, 0.6) is 0 Å². The van der Waals surface area contributed by atoms with Gasteiger partial charge in [-0.2, -0.15) is 5.26 Å². The van der Waals surface area contributed by atoms with E-state index in [2.05, 4.69) is 19.9 Å². The van der Waals surface area contributed by atoms with E-state index in [0.717, 1.165) is 50.4 Å². The maximum absolute atomic E-state index is 12.8. The molecule has 0 spiro atoms. The molecule has 158 valence electrons. The van der Waals surface area contributed by atoms with Crippen molar-refractivity contribution < 1.29 is 19.0 Å².